The maximum absolute atomic E-state index is 14.2. The van der Waals surface area contributed by atoms with Crippen LogP contribution in [0.15, 0.2) is 71.1 Å². The van der Waals surface area contributed by atoms with E-state index < -0.39 is 25.4 Å². The molecule has 0 bridgehead atoms. The number of carbonyl (C=O) groups is 2. The molecule has 1 aromatic heterocycles. The van der Waals surface area contributed by atoms with E-state index in [-0.39, 0.29) is 11.3 Å². The van der Waals surface area contributed by atoms with Crippen LogP contribution in [0.1, 0.15) is 48.5 Å². The molecule has 6 nitrogen and oxygen atoms in total. The number of ketones is 1. The molecule has 1 aliphatic carbocycles. The Morgan fingerprint density at radius 2 is 1.65 bits per heavy atom. The molecule has 40 heavy (non-hydrogen) atoms. The largest absolute Gasteiger partial charge is 0.481 e. The molecular weight excluding hydrogens is 516 g/mol. The lowest BCUT2D eigenvalue weighted by Gasteiger charge is -2.49. The maximum Gasteiger partial charge on any atom is 0.307 e. The van der Waals surface area contributed by atoms with Crippen LogP contribution in [-0.2, 0) is 4.79 Å². The molecule has 0 aliphatic heterocycles. The predicted octanol–water partition coefficient (Wildman–Crippen LogP) is 8.72. The van der Waals surface area contributed by atoms with Gasteiger partial charge in [-0.2, -0.15) is 4.98 Å². The fraction of sp³-hybridized carbons (Fsp3) is 0.364. The Morgan fingerprint density at radius 1 is 1.00 bits per heavy atom. The van der Waals surface area contributed by atoms with Crippen molar-refractivity contribution >= 4 is 42.6 Å². The molecule has 3 aromatic carbocycles. The molecule has 0 amide bonds. The van der Waals surface area contributed by atoms with Gasteiger partial charge < -0.3 is 14.8 Å². The van der Waals surface area contributed by atoms with Gasteiger partial charge in [0.2, 0.25) is 0 Å². The number of rotatable bonds is 8. The topological polar surface area (TPSA) is 92.4 Å². The van der Waals surface area contributed by atoms with Gasteiger partial charge in [0, 0.05) is 24.7 Å². The summed E-state index contributed by atoms with van der Waals surface area (Å²) in [5, 5.41) is 13.4. The van der Waals surface area contributed by atoms with Gasteiger partial charge in [0.15, 0.2) is 11.4 Å². The normalized spacial score (nSPS) is 20.3. The molecule has 1 heterocycles. The summed E-state index contributed by atoms with van der Waals surface area (Å²) in [6, 6.07) is 22.0. The number of fused-ring (bicyclic) bond motifs is 1. The zero-order valence-corrected chi connectivity index (χ0v) is 25.0. The van der Waals surface area contributed by atoms with Gasteiger partial charge in [-0.05, 0) is 66.3 Å². The minimum Gasteiger partial charge on any atom is -0.481 e. The first kappa shape index (κ1) is 27.8. The number of oxazole rings is 1. The highest BCUT2D eigenvalue weighted by molar-refractivity contribution is 6.78. The molecule has 5 rings (SSSR count). The average Bonchev–Trinajstić information content (AvgIpc) is 3.33. The van der Waals surface area contributed by atoms with Crippen molar-refractivity contribution in [3.8, 4) is 11.1 Å². The Morgan fingerprint density at radius 3 is 2.27 bits per heavy atom. The molecule has 4 aromatic rings. The first-order valence-corrected chi connectivity index (χ1v) is 17.7. The second-order valence-corrected chi connectivity index (χ2v) is 18.0. The molecular formula is C33H38N2O4Si. The van der Waals surface area contributed by atoms with E-state index in [2.05, 4.69) is 36.9 Å². The lowest BCUT2D eigenvalue weighted by atomic mass is 9.60. The van der Waals surface area contributed by atoms with Crippen molar-refractivity contribution in [3.05, 3.63) is 77.9 Å². The van der Waals surface area contributed by atoms with Crippen LogP contribution in [0.25, 0.3) is 22.2 Å². The fourth-order valence-electron chi connectivity index (χ4n) is 6.34. The summed E-state index contributed by atoms with van der Waals surface area (Å²) in [4.78, 5) is 31.2. The number of carbonyl (C=O) groups excluding carboxylic acids is 1. The number of hydrogen-bond donors (Lipinski definition) is 2. The Hall–Kier alpha value is -3.71. The Labute approximate surface area is 236 Å². The van der Waals surface area contributed by atoms with Gasteiger partial charge in [-0.15, -0.1) is 0 Å². The Bertz CT molecular complexity index is 1540. The molecule has 0 radical (unpaired) electrons. The van der Waals surface area contributed by atoms with Crippen LogP contribution in [0.3, 0.4) is 0 Å². The second kappa shape index (κ2) is 10.7. The van der Waals surface area contributed by atoms with E-state index in [0.717, 1.165) is 46.3 Å². The maximum atomic E-state index is 14.2. The number of benzene rings is 3. The number of anilines is 2. The standard InChI is InChI=1S/C33H38N2O4Si/c1-21-9-18-29-28(20-21)35-32(39-29)34-26-16-14-24(15-17-26)23-10-12-25(13-11-23)30(36)33(22(2)40(3,4)5)19-7-6-8-27(33)31(37)38/h9-18,20,22,27H,6-8,19H2,1-5H3,(H,34,35)(H,37,38)/t22?,27-,33+/m1/s1. The van der Waals surface area contributed by atoms with Crippen molar-refractivity contribution in [2.45, 2.75) is 64.7 Å². The van der Waals surface area contributed by atoms with E-state index in [1.807, 2.05) is 73.7 Å². The van der Waals surface area contributed by atoms with Crippen molar-refractivity contribution < 1.29 is 19.1 Å². The van der Waals surface area contributed by atoms with Gasteiger partial charge in [0.25, 0.3) is 6.01 Å². The molecule has 7 heteroatoms. The molecule has 2 N–H and O–H groups in total. The van der Waals surface area contributed by atoms with E-state index in [0.29, 0.717) is 24.4 Å². The quantitative estimate of drug-likeness (QED) is 0.167. The molecule has 0 spiro atoms. The average molecular weight is 555 g/mol. The van der Waals surface area contributed by atoms with Crippen LogP contribution in [0.4, 0.5) is 11.7 Å². The van der Waals surface area contributed by atoms with Gasteiger partial charge in [0.05, 0.1) is 5.92 Å². The van der Waals surface area contributed by atoms with Crippen LogP contribution in [0, 0.1) is 18.3 Å². The summed E-state index contributed by atoms with van der Waals surface area (Å²) in [7, 11) is -1.81. The van der Waals surface area contributed by atoms with E-state index in [9.17, 15) is 14.7 Å². The third-order valence-corrected chi connectivity index (χ3v) is 12.0. The summed E-state index contributed by atoms with van der Waals surface area (Å²) in [5.41, 5.74) is 5.36. The zero-order chi connectivity index (χ0) is 28.7. The number of Topliss-reactive ketones (excluding diaryl/α,β-unsaturated/α-hetero) is 1. The molecule has 0 saturated heterocycles. The summed E-state index contributed by atoms with van der Waals surface area (Å²) >= 11 is 0. The Balaban J connectivity index is 1.37. The van der Waals surface area contributed by atoms with Gasteiger partial charge in [-0.25, -0.2) is 0 Å². The zero-order valence-electron chi connectivity index (χ0n) is 24.0. The van der Waals surface area contributed by atoms with Gasteiger partial charge in [-0.3, -0.25) is 9.59 Å². The van der Waals surface area contributed by atoms with Crippen LogP contribution in [-0.4, -0.2) is 29.9 Å². The van der Waals surface area contributed by atoms with Gasteiger partial charge in [-0.1, -0.05) is 81.9 Å². The van der Waals surface area contributed by atoms with Crippen molar-refractivity contribution in [1.82, 2.24) is 4.98 Å². The van der Waals surface area contributed by atoms with Gasteiger partial charge in [0.1, 0.15) is 5.52 Å². The van der Waals surface area contributed by atoms with Crippen LogP contribution >= 0.6 is 0 Å². The molecule has 1 aliphatic rings. The number of aliphatic carboxylic acids is 1. The summed E-state index contributed by atoms with van der Waals surface area (Å²) < 4.78 is 5.81. The van der Waals surface area contributed by atoms with E-state index in [1.54, 1.807) is 0 Å². The summed E-state index contributed by atoms with van der Waals surface area (Å²) in [5.74, 6) is -1.48. The number of nitrogens with zero attached hydrogens (tertiary/aromatic N) is 1. The number of nitrogens with one attached hydrogen (secondary N) is 1. The number of aromatic nitrogens is 1. The van der Waals surface area contributed by atoms with Crippen LogP contribution in [0.2, 0.25) is 25.2 Å². The SMILES string of the molecule is Cc1ccc2oc(Nc3ccc(-c4ccc(C(=O)[C@]5(C(C)[Si](C)(C)C)CCCC[C@@H]5C(=O)O)cc4)cc3)nc2c1. The van der Waals surface area contributed by atoms with Gasteiger partial charge >= 0.3 is 5.97 Å². The number of aryl methyl sites for hydroxylation is 1. The predicted molar refractivity (Wildman–Crippen MR) is 163 cm³/mol. The molecule has 1 saturated carbocycles. The highest BCUT2D eigenvalue weighted by Crippen LogP contribution is 2.55. The van der Waals surface area contributed by atoms with Crippen molar-refractivity contribution in [2.75, 3.05) is 5.32 Å². The smallest absolute Gasteiger partial charge is 0.307 e. The van der Waals surface area contributed by atoms with E-state index in [1.165, 1.54) is 0 Å². The van der Waals surface area contributed by atoms with Crippen LogP contribution < -0.4 is 5.32 Å². The van der Waals surface area contributed by atoms with E-state index >= 15 is 0 Å². The summed E-state index contributed by atoms with van der Waals surface area (Å²) in [6.07, 6.45) is 2.97. The van der Waals surface area contributed by atoms with E-state index in [4.69, 9.17) is 4.42 Å². The third kappa shape index (κ3) is 5.22. The minimum absolute atomic E-state index is 0.00542. The summed E-state index contributed by atoms with van der Waals surface area (Å²) in [6.45, 7) is 10.9. The third-order valence-electron chi connectivity index (χ3n) is 8.91. The monoisotopic (exact) mass is 554 g/mol. The number of carboxylic acid groups (broad SMARTS) is 1. The molecule has 1 fully saturated rings. The number of hydrogen-bond acceptors (Lipinski definition) is 5. The number of carboxylic acids is 1. The first-order chi connectivity index (χ1) is 19.0. The second-order valence-electron chi connectivity index (χ2n) is 12.4. The Kier molecular flexibility index (Phi) is 7.44. The highest BCUT2D eigenvalue weighted by Gasteiger charge is 2.56. The lowest BCUT2D eigenvalue weighted by Crippen LogP contribution is -2.52. The fourth-order valence-corrected chi connectivity index (χ4v) is 8.37. The first-order valence-electron chi connectivity index (χ1n) is 14.1. The van der Waals surface area contributed by atoms with Crippen molar-refractivity contribution in [3.63, 3.8) is 0 Å². The minimum atomic E-state index is -1.81. The van der Waals surface area contributed by atoms with Crippen molar-refractivity contribution in [1.29, 1.82) is 0 Å². The van der Waals surface area contributed by atoms with Crippen molar-refractivity contribution in [2.24, 2.45) is 11.3 Å². The molecule has 208 valence electrons. The van der Waals surface area contributed by atoms with Crippen LogP contribution in [0.5, 0.6) is 0 Å². The molecule has 1 unspecified atom stereocenters. The molecule has 3 atom stereocenters. The highest BCUT2D eigenvalue weighted by atomic mass is 28.3. The lowest BCUT2D eigenvalue weighted by molar-refractivity contribution is -0.147.